The molecule has 0 saturated carbocycles. The minimum absolute atomic E-state index is 0.0314. The van der Waals surface area contributed by atoms with Crippen molar-refractivity contribution in [2.45, 2.75) is 24.9 Å². The van der Waals surface area contributed by atoms with Gasteiger partial charge in [0.25, 0.3) is 0 Å². The summed E-state index contributed by atoms with van der Waals surface area (Å²) in [5.41, 5.74) is 2.65. The van der Waals surface area contributed by atoms with E-state index in [1.165, 1.54) is 16.4 Å². The summed E-state index contributed by atoms with van der Waals surface area (Å²) in [6, 6.07) is 10.8. The molecule has 0 atom stereocenters. The highest BCUT2D eigenvalue weighted by Crippen LogP contribution is 2.34. The van der Waals surface area contributed by atoms with Crippen LogP contribution >= 0.6 is 11.6 Å². The second kappa shape index (κ2) is 8.66. The lowest BCUT2D eigenvalue weighted by Gasteiger charge is -2.36. The highest BCUT2D eigenvalue weighted by molar-refractivity contribution is 7.89. The molecule has 1 aliphatic rings. The van der Waals surface area contributed by atoms with E-state index in [9.17, 15) is 21.6 Å². The van der Waals surface area contributed by atoms with Crippen LogP contribution in [0.15, 0.2) is 51.9 Å². The summed E-state index contributed by atoms with van der Waals surface area (Å²) in [7, 11) is -3.87. The average molecular weight is 500 g/mol. The molecule has 1 aromatic heterocycles. The van der Waals surface area contributed by atoms with E-state index in [0.29, 0.717) is 23.7 Å². The third-order valence-corrected chi connectivity index (χ3v) is 7.92. The predicted octanol–water partition coefficient (Wildman–Crippen LogP) is 5.14. The lowest BCUT2D eigenvalue weighted by atomic mass is 10.1. The van der Waals surface area contributed by atoms with Gasteiger partial charge in [0.2, 0.25) is 15.8 Å². The lowest BCUT2D eigenvalue weighted by Crippen LogP contribution is -2.49. The standard InChI is InChI=1S/C22H21ClF3N3O3S/c1-14-4-6-17(23)12-19(14)28-7-9-29(10-8-28)33(30,31)20-11-16(5-3-15(20)2)18-13-21(32-27-18)22(24,25)26/h3-6,11-13H,7-10H2,1-2H3. The molecular weight excluding hydrogens is 479 g/mol. The number of rotatable bonds is 4. The van der Waals surface area contributed by atoms with Gasteiger partial charge in [0.1, 0.15) is 5.69 Å². The number of benzene rings is 2. The van der Waals surface area contributed by atoms with Gasteiger partial charge in [0.15, 0.2) is 0 Å². The molecule has 1 fully saturated rings. The maximum Gasteiger partial charge on any atom is 0.452 e. The number of hydrogen-bond donors (Lipinski definition) is 0. The maximum absolute atomic E-state index is 13.4. The summed E-state index contributed by atoms with van der Waals surface area (Å²) in [6.45, 7) is 5.11. The monoisotopic (exact) mass is 499 g/mol. The van der Waals surface area contributed by atoms with Gasteiger partial charge in [0, 0.05) is 48.5 Å². The van der Waals surface area contributed by atoms with E-state index in [1.54, 1.807) is 13.0 Å². The summed E-state index contributed by atoms with van der Waals surface area (Å²) in [5, 5.41) is 4.07. The van der Waals surface area contributed by atoms with Gasteiger partial charge in [0.05, 0.1) is 4.90 Å². The van der Waals surface area contributed by atoms with Crippen LogP contribution in [0.1, 0.15) is 16.9 Å². The number of alkyl halides is 3. The Labute approximate surface area is 194 Å². The zero-order chi connectivity index (χ0) is 24.0. The van der Waals surface area contributed by atoms with Crippen LogP contribution in [-0.4, -0.2) is 44.1 Å². The minimum Gasteiger partial charge on any atom is -0.369 e. The van der Waals surface area contributed by atoms with Crippen LogP contribution in [0.5, 0.6) is 0 Å². The van der Waals surface area contributed by atoms with E-state index in [1.807, 2.05) is 25.1 Å². The number of anilines is 1. The molecular formula is C22H21ClF3N3O3S. The first kappa shape index (κ1) is 23.6. The molecule has 1 saturated heterocycles. The Bertz CT molecular complexity index is 1280. The zero-order valence-corrected chi connectivity index (χ0v) is 19.4. The number of aryl methyl sites for hydroxylation is 2. The molecule has 0 unspecified atom stereocenters. The fourth-order valence-corrected chi connectivity index (χ4v) is 5.65. The van der Waals surface area contributed by atoms with Gasteiger partial charge in [-0.3, -0.25) is 0 Å². The quantitative estimate of drug-likeness (QED) is 0.497. The smallest absolute Gasteiger partial charge is 0.369 e. The van der Waals surface area contributed by atoms with Crippen molar-refractivity contribution >= 4 is 27.3 Å². The van der Waals surface area contributed by atoms with Crippen molar-refractivity contribution in [1.82, 2.24) is 9.46 Å². The highest BCUT2D eigenvalue weighted by Gasteiger charge is 2.36. The molecule has 176 valence electrons. The van der Waals surface area contributed by atoms with Crippen molar-refractivity contribution in [1.29, 1.82) is 0 Å². The minimum atomic E-state index is -4.67. The summed E-state index contributed by atoms with van der Waals surface area (Å²) < 4.78 is 71.1. The molecule has 0 bridgehead atoms. The van der Waals surface area contributed by atoms with Gasteiger partial charge in [-0.05, 0) is 43.2 Å². The van der Waals surface area contributed by atoms with E-state index < -0.39 is 22.0 Å². The van der Waals surface area contributed by atoms with Gasteiger partial charge < -0.3 is 9.42 Å². The van der Waals surface area contributed by atoms with Gasteiger partial charge in [-0.25, -0.2) is 8.42 Å². The summed E-state index contributed by atoms with van der Waals surface area (Å²) >= 11 is 6.12. The van der Waals surface area contributed by atoms with Crippen LogP contribution in [-0.2, 0) is 16.2 Å². The SMILES string of the molecule is Cc1ccc(Cl)cc1N1CCN(S(=O)(=O)c2cc(-c3cc(C(F)(F)F)on3)ccc2C)CC1. The summed E-state index contributed by atoms with van der Waals surface area (Å²) in [6.07, 6.45) is -4.67. The first-order chi connectivity index (χ1) is 15.5. The molecule has 4 rings (SSSR count). The Balaban J connectivity index is 1.57. The first-order valence-corrected chi connectivity index (χ1v) is 11.9. The molecule has 0 spiro atoms. The molecule has 0 radical (unpaired) electrons. The van der Waals surface area contributed by atoms with Crippen molar-refractivity contribution in [2.75, 3.05) is 31.1 Å². The van der Waals surface area contributed by atoms with E-state index in [-0.39, 0.29) is 29.2 Å². The largest absolute Gasteiger partial charge is 0.452 e. The number of piperazine rings is 1. The number of nitrogens with zero attached hydrogens (tertiary/aromatic N) is 3. The van der Waals surface area contributed by atoms with Crippen LogP contribution in [0.25, 0.3) is 11.3 Å². The molecule has 6 nitrogen and oxygen atoms in total. The van der Waals surface area contributed by atoms with E-state index in [2.05, 4.69) is 14.6 Å². The second-order valence-electron chi connectivity index (χ2n) is 7.88. The fourth-order valence-electron chi connectivity index (χ4n) is 3.81. The van der Waals surface area contributed by atoms with Gasteiger partial charge >= 0.3 is 6.18 Å². The first-order valence-electron chi connectivity index (χ1n) is 10.1. The Hall–Kier alpha value is -2.56. The zero-order valence-electron chi connectivity index (χ0n) is 17.9. The summed E-state index contributed by atoms with van der Waals surface area (Å²) in [4.78, 5) is 2.12. The van der Waals surface area contributed by atoms with Crippen molar-refractivity contribution in [3.63, 3.8) is 0 Å². The Morgan fingerprint density at radius 2 is 1.64 bits per heavy atom. The third kappa shape index (κ3) is 4.73. The number of sulfonamides is 1. The van der Waals surface area contributed by atoms with Crippen LogP contribution in [0.2, 0.25) is 5.02 Å². The van der Waals surface area contributed by atoms with Gasteiger partial charge in [-0.1, -0.05) is 35.0 Å². The number of aromatic nitrogens is 1. The number of hydrogen-bond acceptors (Lipinski definition) is 5. The third-order valence-electron chi connectivity index (χ3n) is 5.64. The topological polar surface area (TPSA) is 66.7 Å². The van der Waals surface area contributed by atoms with Gasteiger partial charge in [-0.15, -0.1) is 0 Å². The van der Waals surface area contributed by atoms with E-state index in [4.69, 9.17) is 11.6 Å². The number of halogens is 4. The Morgan fingerprint density at radius 1 is 0.970 bits per heavy atom. The molecule has 0 N–H and O–H groups in total. The fraction of sp³-hybridized carbons (Fsp3) is 0.318. The Kier molecular flexibility index (Phi) is 6.19. The van der Waals surface area contributed by atoms with E-state index >= 15 is 0 Å². The highest BCUT2D eigenvalue weighted by atomic mass is 35.5. The van der Waals surface area contributed by atoms with Crippen LogP contribution in [0, 0.1) is 13.8 Å². The van der Waals surface area contributed by atoms with Crippen LogP contribution in [0.3, 0.4) is 0 Å². The van der Waals surface area contributed by atoms with Crippen LogP contribution < -0.4 is 4.90 Å². The van der Waals surface area contributed by atoms with Crippen molar-refractivity contribution in [2.24, 2.45) is 0 Å². The molecule has 0 amide bonds. The predicted molar refractivity (Wildman–Crippen MR) is 119 cm³/mol. The van der Waals surface area contributed by atoms with Crippen LogP contribution in [0.4, 0.5) is 18.9 Å². The molecule has 1 aliphatic heterocycles. The molecule has 2 aromatic carbocycles. The van der Waals surface area contributed by atoms with E-state index in [0.717, 1.165) is 17.3 Å². The molecule has 11 heteroatoms. The molecule has 0 aliphatic carbocycles. The average Bonchev–Trinajstić information content (AvgIpc) is 3.27. The molecule has 2 heterocycles. The molecule has 33 heavy (non-hydrogen) atoms. The van der Waals surface area contributed by atoms with Crippen molar-refractivity contribution in [3.05, 3.63) is 64.4 Å². The van der Waals surface area contributed by atoms with Crippen molar-refractivity contribution < 1.29 is 26.1 Å². The lowest BCUT2D eigenvalue weighted by molar-refractivity contribution is -0.155. The molecule has 3 aromatic rings. The maximum atomic E-state index is 13.4. The second-order valence-corrected chi connectivity index (χ2v) is 10.2. The normalized spacial score (nSPS) is 15.8. The van der Waals surface area contributed by atoms with Gasteiger partial charge in [-0.2, -0.15) is 17.5 Å². The van der Waals surface area contributed by atoms with Crippen molar-refractivity contribution in [3.8, 4) is 11.3 Å². The Morgan fingerprint density at radius 3 is 2.27 bits per heavy atom. The summed E-state index contributed by atoms with van der Waals surface area (Å²) in [5.74, 6) is -1.24.